The zero-order valence-corrected chi connectivity index (χ0v) is 15.8. The van der Waals surface area contributed by atoms with Crippen molar-refractivity contribution in [1.29, 1.82) is 0 Å². The number of aromatic nitrogens is 3. The fraction of sp³-hybridized carbons (Fsp3) is 0.500. The number of hydrogen-bond acceptors (Lipinski definition) is 6. The number of rotatable bonds is 3. The van der Waals surface area contributed by atoms with Crippen LogP contribution in [0.2, 0.25) is 0 Å². The van der Waals surface area contributed by atoms with Crippen molar-refractivity contribution < 1.29 is 4.79 Å². The molecule has 0 aromatic carbocycles. The van der Waals surface area contributed by atoms with E-state index in [1.807, 2.05) is 24.0 Å². The molecule has 4 rings (SSSR count). The highest BCUT2D eigenvalue weighted by molar-refractivity contribution is 5.92. The lowest BCUT2D eigenvalue weighted by atomic mass is 10.1. The highest BCUT2D eigenvalue weighted by atomic mass is 16.2. The Morgan fingerprint density at radius 2 is 1.70 bits per heavy atom. The summed E-state index contributed by atoms with van der Waals surface area (Å²) in [7, 11) is 0. The minimum atomic E-state index is -0.00517. The molecule has 2 aliphatic heterocycles. The molecule has 4 heterocycles. The van der Waals surface area contributed by atoms with Crippen LogP contribution < -0.4 is 9.80 Å². The number of piperazine rings is 1. The Hall–Kier alpha value is -2.70. The van der Waals surface area contributed by atoms with Gasteiger partial charge in [-0.25, -0.2) is 4.98 Å². The van der Waals surface area contributed by atoms with E-state index < -0.39 is 0 Å². The van der Waals surface area contributed by atoms with Crippen molar-refractivity contribution in [2.24, 2.45) is 0 Å². The van der Waals surface area contributed by atoms with Gasteiger partial charge in [-0.05, 0) is 38.3 Å². The smallest absolute Gasteiger partial charge is 0.272 e. The van der Waals surface area contributed by atoms with Crippen molar-refractivity contribution in [1.82, 2.24) is 19.9 Å². The molecule has 7 heteroatoms. The summed E-state index contributed by atoms with van der Waals surface area (Å²) < 4.78 is 0. The van der Waals surface area contributed by atoms with Crippen molar-refractivity contribution in [2.45, 2.75) is 26.2 Å². The summed E-state index contributed by atoms with van der Waals surface area (Å²) in [6.45, 7) is 6.96. The van der Waals surface area contributed by atoms with E-state index in [9.17, 15) is 4.79 Å². The van der Waals surface area contributed by atoms with Crippen LogP contribution in [0.15, 0.2) is 30.5 Å². The van der Waals surface area contributed by atoms with E-state index in [0.717, 1.165) is 43.6 Å². The molecule has 0 radical (unpaired) electrons. The second-order valence-electron chi connectivity index (χ2n) is 7.21. The van der Waals surface area contributed by atoms with Gasteiger partial charge in [0.1, 0.15) is 11.5 Å². The lowest BCUT2D eigenvalue weighted by molar-refractivity contribution is 0.0740. The van der Waals surface area contributed by atoms with Crippen molar-refractivity contribution >= 4 is 17.7 Å². The fourth-order valence-corrected chi connectivity index (χ4v) is 3.72. The van der Waals surface area contributed by atoms with Crippen LogP contribution in [-0.4, -0.2) is 65.0 Å². The van der Waals surface area contributed by atoms with Gasteiger partial charge in [0.15, 0.2) is 0 Å². The Bertz CT molecular complexity index is 782. The first-order chi connectivity index (χ1) is 13.2. The van der Waals surface area contributed by atoms with E-state index in [1.54, 1.807) is 12.3 Å². The van der Waals surface area contributed by atoms with Crippen LogP contribution in [0.5, 0.6) is 0 Å². The molecular weight excluding hydrogens is 340 g/mol. The monoisotopic (exact) mass is 366 g/mol. The highest BCUT2D eigenvalue weighted by Gasteiger charge is 2.25. The average Bonchev–Trinajstić information content (AvgIpc) is 2.74. The number of carbonyl (C=O) groups excluding carboxylic acids is 1. The first kappa shape index (κ1) is 17.7. The number of nitrogens with zero attached hydrogens (tertiary/aromatic N) is 6. The largest absolute Gasteiger partial charge is 0.356 e. The average molecular weight is 366 g/mol. The summed E-state index contributed by atoms with van der Waals surface area (Å²) in [5, 5.41) is 0. The second kappa shape index (κ2) is 7.90. The number of aryl methyl sites for hydroxylation is 1. The molecule has 0 atom stereocenters. The normalized spacial score (nSPS) is 17.9. The summed E-state index contributed by atoms with van der Waals surface area (Å²) in [5.74, 6) is 1.80. The van der Waals surface area contributed by atoms with E-state index in [-0.39, 0.29) is 5.91 Å². The topological polar surface area (TPSA) is 65.5 Å². The molecule has 0 spiro atoms. The van der Waals surface area contributed by atoms with Gasteiger partial charge < -0.3 is 14.7 Å². The van der Waals surface area contributed by atoms with E-state index in [2.05, 4.69) is 25.8 Å². The molecule has 2 fully saturated rings. The maximum Gasteiger partial charge on any atom is 0.272 e. The van der Waals surface area contributed by atoms with Gasteiger partial charge in [0.05, 0.1) is 0 Å². The maximum absolute atomic E-state index is 12.6. The lowest BCUT2D eigenvalue weighted by Gasteiger charge is -2.35. The van der Waals surface area contributed by atoms with Gasteiger partial charge in [-0.3, -0.25) is 9.78 Å². The molecule has 0 N–H and O–H groups in total. The van der Waals surface area contributed by atoms with E-state index >= 15 is 0 Å². The predicted octanol–water partition coefficient (Wildman–Crippen LogP) is 2.13. The number of carbonyl (C=O) groups is 1. The molecule has 0 unspecified atom stereocenters. The molecule has 2 aromatic heterocycles. The van der Waals surface area contributed by atoms with Crippen molar-refractivity contribution in [3.05, 3.63) is 41.9 Å². The van der Waals surface area contributed by atoms with Crippen LogP contribution >= 0.6 is 0 Å². The Morgan fingerprint density at radius 3 is 2.41 bits per heavy atom. The van der Waals surface area contributed by atoms with Crippen molar-refractivity contribution in [2.75, 3.05) is 49.1 Å². The standard InChI is InChI=1S/C20H26N6O/c1-16-15-18(24-9-5-2-6-10-24)23-20(22-16)26-13-11-25(12-14-26)19(27)17-7-3-4-8-21-17/h3-4,7-8,15H,2,5-6,9-14H2,1H3. The fourth-order valence-electron chi connectivity index (χ4n) is 3.72. The van der Waals surface area contributed by atoms with Gasteiger partial charge in [0, 0.05) is 57.2 Å². The lowest BCUT2D eigenvalue weighted by Crippen LogP contribution is -2.49. The third-order valence-electron chi connectivity index (χ3n) is 5.24. The van der Waals surface area contributed by atoms with Crippen molar-refractivity contribution in [3.63, 3.8) is 0 Å². The van der Waals surface area contributed by atoms with Gasteiger partial charge in [0.2, 0.25) is 5.95 Å². The molecule has 2 aromatic rings. The quantitative estimate of drug-likeness (QED) is 0.829. The molecule has 2 saturated heterocycles. The van der Waals surface area contributed by atoms with Gasteiger partial charge in [-0.15, -0.1) is 0 Å². The summed E-state index contributed by atoms with van der Waals surface area (Å²) in [5.41, 5.74) is 1.50. The van der Waals surface area contributed by atoms with Crippen LogP contribution in [0, 0.1) is 6.92 Å². The second-order valence-corrected chi connectivity index (χ2v) is 7.21. The summed E-state index contributed by atoms with van der Waals surface area (Å²) in [6, 6.07) is 7.52. The van der Waals surface area contributed by atoms with Gasteiger partial charge >= 0.3 is 0 Å². The van der Waals surface area contributed by atoms with E-state index in [4.69, 9.17) is 4.98 Å². The minimum Gasteiger partial charge on any atom is -0.356 e. The predicted molar refractivity (Wildman–Crippen MR) is 105 cm³/mol. The summed E-state index contributed by atoms with van der Waals surface area (Å²) in [4.78, 5) is 32.6. The van der Waals surface area contributed by atoms with Crippen LogP contribution in [-0.2, 0) is 0 Å². The van der Waals surface area contributed by atoms with Crippen LogP contribution in [0.4, 0.5) is 11.8 Å². The molecule has 7 nitrogen and oxygen atoms in total. The van der Waals surface area contributed by atoms with Crippen LogP contribution in [0.25, 0.3) is 0 Å². The summed E-state index contributed by atoms with van der Waals surface area (Å²) >= 11 is 0. The molecule has 142 valence electrons. The number of amides is 1. The molecule has 0 saturated carbocycles. The third-order valence-corrected chi connectivity index (χ3v) is 5.24. The Labute approximate surface area is 160 Å². The molecular formula is C20H26N6O. The zero-order valence-electron chi connectivity index (χ0n) is 15.8. The van der Waals surface area contributed by atoms with Crippen LogP contribution in [0.3, 0.4) is 0 Å². The van der Waals surface area contributed by atoms with Crippen molar-refractivity contribution in [3.8, 4) is 0 Å². The minimum absolute atomic E-state index is 0.00517. The Kier molecular flexibility index (Phi) is 5.18. The molecule has 27 heavy (non-hydrogen) atoms. The SMILES string of the molecule is Cc1cc(N2CCCCC2)nc(N2CCN(C(=O)c3ccccn3)CC2)n1. The van der Waals surface area contributed by atoms with Gasteiger partial charge in [-0.2, -0.15) is 4.98 Å². The zero-order chi connectivity index (χ0) is 18.6. The molecule has 2 aliphatic rings. The number of pyridine rings is 1. The number of anilines is 2. The van der Waals surface area contributed by atoms with Gasteiger partial charge in [0.25, 0.3) is 5.91 Å². The summed E-state index contributed by atoms with van der Waals surface area (Å²) in [6.07, 6.45) is 5.42. The van der Waals surface area contributed by atoms with Crippen LogP contribution in [0.1, 0.15) is 35.4 Å². The molecule has 0 aliphatic carbocycles. The Morgan fingerprint density at radius 1 is 0.926 bits per heavy atom. The highest BCUT2D eigenvalue weighted by Crippen LogP contribution is 2.22. The molecule has 0 bridgehead atoms. The Balaban J connectivity index is 1.43. The first-order valence-electron chi connectivity index (χ1n) is 9.76. The molecule has 1 amide bonds. The van der Waals surface area contributed by atoms with Gasteiger partial charge in [-0.1, -0.05) is 6.07 Å². The number of hydrogen-bond donors (Lipinski definition) is 0. The number of piperidine rings is 1. The van der Waals surface area contributed by atoms with E-state index in [1.165, 1.54) is 19.3 Å². The third kappa shape index (κ3) is 4.02. The van der Waals surface area contributed by atoms with E-state index in [0.29, 0.717) is 18.8 Å². The first-order valence-corrected chi connectivity index (χ1v) is 9.76. The maximum atomic E-state index is 12.6.